The number of hydrogen-bond acceptors (Lipinski definition) is 6. The van der Waals surface area contributed by atoms with Gasteiger partial charge in [0, 0.05) is 36.2 Å². The highest BCUT2D eigenvalue weighted by molar-refractivity contribution is 7.09. The Labute approximate surface area is 176 Å². The van der Waals surface area contributed by atoms with Crippen molar-refractivity contribution in [1.82, 2.24) is 20.3 Å². The van der Waals surface area contributed by atoms with Crippen molar-refractivity contribution in [2.45, 2.75) is 25.9 Å². The van der Waals surface area contributed by atoms with Crippen LogP contribution in [0.1, 0.15) is 23.4 Å². The number of nitrogens with one attached hydrogen (secondary N) is 1. The van der Waals surface area contributed by atoms with Crippen molar-refractivity contribution in [3.05, 3.63) is 70.6 Å². The third kappa shape index (κ3) is 4.74. The molecule has 0 saturated carbocycles. The third-order valence-corrected chi connectivity index (χ3v) is 5.39. The molecule has 30 heavy (non-hydrogen) atoms. The topological polar surface area (TPSA) is 87.6 Å². The number of aromatic nitrogens is 2. The van der Waals surface area contributed by atoms with Gasteiger partial charge < -0.3 is 5.32 Å². The number of benzene rings is 1. The number of hydrogen-bond donors (Lipinski definition) is 1. The number of amides is 2. The lowest BCUT2D eigenvalue weighted by Gasteiger charge is -2.23. The standard InChI is InChI=1S/C21H18FN5O2S/c22-16-3-1-14(2-4-16)12-27-20(28)6-5-17(26-27)21(29)24-11-19-25-18(13-30-19)15-7-9-23-10-8-15/h1-4,7-10,13H,5-6,11-12H2,(H,24,29). The summed E-state index contributed by atoms with van der Waals surface area (Å²) < 4.78 is 13.1. The summed E-state index contributed by atoms with van der Waals surface area (Å²) in [6.07, 6.45) is 3.90. The average Bonchev–Trinajstić information content (AvgIpc) is 3.25. The highest BCUT2D eigenvalue weighted by atomic mass is 32.1. The molecule has 0 saturated heterocycles. The van der Waals surface area contributed by atoms with Gasteiger partial charge in [0.05, 0.1) is 18.8 Å². The van der Waals surface area contributed by atoms with Gasteiger partial charge in [-0.15, -0.1) is 11.3 Å². The molecule has 3 aromatic rings. The van der Waals surface area contributed by atoms with E-state index in [-0.39, 0.29) is 43.6 Å². The summed E-state index contributed by atoms with van der Waals surface area (Å²) in [6.45, 7) is 0.469. The van der Waals surface area contributed by atoms with Gasteiger partial charge in [-0.1, -0.05) is 12.1 Å². The summed E-state index contributed by atoms with van der Waals surface area (Å²) in [5.74, 6) is -0.841. The summed E-state index contributed by atoms with van der Waals surface area (Å²) in [5, 5.41) is 11.0. The zero-order valence-corrected chi connectivity index (χ0v) is 16.7. The van der Waals surface area contributed by atoms with Crippen LogP contribution in [0.4, 0.5) is 4.39 Å². The SMILES string of the molecule is O=C(NCc1nc(-c2ccncc2)cs1)C1=NN(Cc2ccc(F)cc2)C(=O)CC1. The summed E-state index contributed by atoms with van der Waals surface area (Å²) in [7, 11) is 0. The summed E-state index contributed by atoms with van der Waals surface area (Å²) in [6, 6.07) is 9.59. The molecular weight excluding hydrogens is 405 g/mol. The van der Waals surface area contributed by atoms with E-state index < -0.39 is 0 Å². The average molecular weight is 423 g/mol. The van der Waals surface area contributed by atoms with E-state index in [0.717, 1.165) is 21.8 Å². The van der Waals surface area contributed by atoms with Gasteiger partial charge >= 0.3 is 0 Å². The fourth-order valence-electron chi connectivity index (χ4n) is 2.96. The number of carbonyl (C=O) groups excluding carboxylic acids is 2. The molecule has 4 rings (SSSR count). The number of rotatable bonds is 6. The van der Waals surface area contributed by atoms with Crippen LogP contribution < -0.4 is 5.32 Å². The molecule has 0 radical (unpaired) electrons. The van der Waals surface area contributed by atoms with Crippen LogP contribution in [0, 0.1) is 5.82 Å². The molecule has 2 amide bonds. The molecule has 0 atom stereocenters. The van der Waals surface area contributed by atoms with Gasteiger partial charge in [-0.3, -0.25) is 14.6 Å². The van der Waals surface area contributed by atoms with Crippen molar-refractivity contribution in [2.24, 2.45) is 5.10 Å². The van der Waals surface area contributed by atoms with Gasteiger partial charge in [-0.25, -0.2) is 14.4 Å². The molecule has 1 N–H and O–H groups in total. The number of hydrazone groups is 1. The van der Waals surface area contributed by atoms with E-state index in [1.54, 1.807) is 24.5 Å². The Morgan fingerprint density at radius 1 is 1.13 bits per heavy atom. The zero-order valence-electron chi connectivity index (χ0n) is 15.9. The normalized spacial score (nSPS) is 13.8. The molecule has 0 fully saturated rings. The molecule has 1 aliphatic heterocycles. The number of thiazole rings is 1. The van der Waals surface area contributed by atoms with Gasteiger partial charge in [0.2, 0.25) is 5.91 Å². The second-order valence-corrected chi connectivity index (χ2v) is 7.61. The molecule has 0 spiro atoms. The van der Waals surface area contributed by atoms with Crippen LogP contribution in [0.2, 0.25) is 0 Å². The van der Waals surface area contributed by atoms with Crippen LogP contribution in [0.3, 0.4) is 0 Å². The minimum atomic E-state index is -0.346. The highest BCUT2D eigenvalue weighted by Gasteiger charge is 2.24. The van der Waals surface area contributed by atoms with Gasteiger partial charge in [0.25, 0.3) is 5.91 Å². The van der Waals surface area contributed by atoms with Crippen LogP contribution >= 0.6 is 11.3 Å². The molecule has 3 heterocycles. The molecule has 1 aliphatic rings. The van der Waals surface area contributed by atoms with E-state index in [9.17, 15) is 14.0 Å². The minimum absolute atomic E-state index is 0.169. The Hall–Kier alpha value is -3.46. The lowest BCUT2D eigenvalue weighted by atomic mass is 10.1. The molecule has 152 valence electrons. The fraction of sp³-hybridized carbons (Fsp3) is 0.190. The molecule has 1 aromatic carbocycles. The van der Waals surface area contributed by atoms with Crippen LogP contribution in [-0.2, 0) is 22.7 Å². The van der Waals surface area contributed by atoms with E-state index in [2.05, 4.69) is 20.4 Å². The predicted octanol–water partition coefficient (Wildman–Crippen LogP) is 3.14. The highest BCUT2D eigenvalue weighted by Crippen LogP contribution is 2.21. The number of pyridine rings is 1. The molecule has 2 aromatic heterocycles. The largest absolute Gasteiger partial charge is 0.344 e. The number of halogens is 1. The molecular formula is C21H18FN5O2S. The smallest absolute Gasteiger partial charge is 0.267 e. The van der Waals surface area contributed by atoms with Gasteiger partial charge in [-0.05, 0) is 29.8 Å². The second-order valence-electron chi connectivity index (χ2n) is 6.67. The van der Waals surface area contributed by atoms with E-state index in [0.29, 0.717) is 5.71 Å². The van der Waals surface area contributed by atoms with E-state index in [1.165, 1.54) is 28.5 Å². The van der Waals surface area contributed by atoms with Crippen LogP contribution in [-0.4, -0.2) is 32.5 Å². The maximum Gasteiger partial charge on any atom is 0.267 e. The van der Waals surface area contributed by atoms with Crippen LogP contribution in [0.25, 0.3) is 11.3 Å². The van der Waals surface area contributed by atoms with E-state index in [4.69, 9.17) is 0 Å². The van der Waals surface area contributed by atoms with Gasteiger partial charge in [0.15, 0.2) is 0 Å². The van der Waals surface area contributed by atoms with Gasteiger partial charge in [-0.2, -0.15) is 5.10 Å². The third-order valence-electron chi connectivity index (χ3n) is 4.54. The first-order chi connectivity index (χ1) is 14.6. The van der Waals surface area contributed by atoms with Crippen molar-refractivity contribution >= 4 is 28.9 Å². The van der Waals surface area contributed by atoms with Crippen LogP contribution in [0.5, 0.6) is 0 Å². The van der Waals surface area contributed by atoms with Crippen molar-refractivity contribution < 1.29 is 14.0 Å². The van der Waals surface area contributed by atoms with Crippen molar-refractivity contribution in [2.75, 3.05) is 0 Å². The molecule has 0 aliphatic carbocycles. The molecule has 9 heteroatoms. The summed E-state index contributed by atoms with van der Waals surface area (Å²) in [5.41, 5.74) is 2.83. The van der Waals surface area contributed by atoms with Crippen molar-refractivity contribution in [3.8, 4) is 11.3 Å². The number of carbonyl (C=O) groups is 2. The first-order valence-electron chi connectivity index (χ1n) is 9.34. The minimum Gasteiger partial charge on any atom is -0.344 e. The fourth-order valence-corrected chi connectivity index (χ4v) is 3.70. The Balaban J connectivity index is 1.38. The number of nitrogens with zero attached hydrogens (tertiary/aromatic N) is 4. The maximum absolute atomic E-state index is 13.1. The Morgan fingerprint density at radius 3 is 2.67 bits per heavy atom. The quantitative estimate of drug-likeness (QED) is 0.660. The van der Waals surface area contributed by atoms with Gasteiger partial charge in [0.1, 0.15) is 16.5 Å². The molecule has 7 nitrogen and oxygen atoms in total. The Bertz CT molecular complexity index is 1080. The molecule has 0 bridgehead atoms. The first-order valence-corrected chi connectivity index (χ1v) is 10.2. The monoisotopic (exact) mass is 423 g/mol. The molecule has 0 unspecified atom stereocenters. The van der Waals surface area contributed by atoms with Crippen molar-refractivity contribution in [1.29, 1.82) is 0 Å². The lowest BCUT2D eigenvalue weighted by molar-refractivity contribution is -0.132. The van der Waals surface area contributed by atoms with Crippen LogP contribution in [0.15, 0.2) is 59.3 Å². The first kappa shape index (κ1) is 19.8. The summed E-state index contributed by atoms with van der Waals surface area (Å²) in [4.78, 5) is 33.2. The second kappa shape index (κ2) is 8.91. The maximum atomic E-state index is 13.1. The summed E-state index contributed by atoms with van der Waals surface area (Å²) >= 11 is 1.46. The van der Waals surface area contributed by atoms with Crippen molar-refractivity contribution in [3.63, 3.8) is 0 Å². The Morgan fingerprint density at radius 2 is 1.90 bits per heavy atom. The Kier molecular flexibility index (Phi) is 5.89. The lowest BCUT2D eigenvalue weighted by Crippen LogP contribution is -2.38. The van der Waals surface area contributed by atoms with E-state index >= 15 is 0 Å². The predicted molar refractivity (Wildman–Crippen MR) is 111 cm³/mol. The van der Waals surface area contributed by atoms with E-state index in [1.807, 2.05) is 17.5 Å². The zero-order chi connectivity index (χ0) is 20.9.